The summed E-state index contributed by atoms with van der Waals surface area (Å²) < 4.78 is 5.63. The van der Waals surface area contributed by atoms with E-state index in [1.807, 2.05) is 42.5 Å². The Labute approximate surface area is 113 Å². The number of aliphatic hydroxyl groups excluding tert-OH is 1. The maximum Gasteiger partial charge on any atom is 0.161 e. The van der Waals surface area contributed by atoms with Crippen LogP contribution in [0.15, 0.2) is 48.5 Å². The number of rotatable bonds is 6. The van der Waals surface area contributed by atoms with Gasteiger partial charge in [-0.05, 0) is 36.1 Å². The average molecular weight is 258 g/mol. The molecular formula is C16H18O3. The molecule has 2 rings (SSSR count). The van der Waals surface area contributed by atoms with Gasteiger partial charge in [-0.3, -0.25) is 0 Å². The molecule has 0 atom stereocenters. The van der Waals surface area contributed by atoms with Gasteiger partial charge in [0, 0.05) is 6.61 Å². The van der Waals surface area contributed by atoms with Crippen molar-refractivity contribution in [3.05, 3.63) is 59.7 Å². The Morgan fingerprint density at radius 3 is 2.47 bits per heavy atom. The van der Waals surface area contributed by atoms with Gasteiger partial charge in [-0.15, -0.1) is 0 Å². The van der Waals surface area contributed by atoms with Gasteiger partial charge < -0.3 is 14.9 Å². The van der Waals surface area contributed by atoms with Crippen LogP contribution < -0.4 is 4.74 Å². The lowest BCUT2D eigenvalue weighted by molar-refractivity contribution is 0.285. The van der Waals surface area contributed by atoms with E-state index in [1.165, 1.54) is 0 Å². The van der Waals surface area contributed by atoms with Crippen LogP contribution in [0.4, 0.5) is 0 Å². The number of phenolic OH excluding ortho intramolecular Hbond substituents is 1. The van der Waals surface area contributed by atoms with Gasteiger partial charge in [0.2, 0.25) is 0 Å². The van der Waals surface area contributed by atoms with Crippen molar-refractivity contribution in [2.75, 3.05) is 6.61 Å². The second kappa shape index (κ2) is 6.81. The Morgan fingerprint density at radius 2 is 1.74 bits per heavy atom. The Morgan fingerprint density at radius 1 is 0.947 bits per heavy atom. The van der Waals surface area contributed by atoms with Crippen LogP contribution in [-0.4, -0.2) is 16.8 Å². The molecule has 2 aromatic rings. The largest absolute Gasteiger partial charge is 0.504 e. The molecule has 2 aromatic carbocycles. The first kappa shape index (κ1) is 13.4. The third-order valence-electron chi connectivity index (χ3n) is 2.88. The third kappa shape index (κ3) is 4.00. The zero-order valence-electron chi connectivity index (χ0n) is 10.7. The number of aliphatic hydroxyl groups is 1. The number of aryl methyl sites for hydroxylation is 1. The second-order valence-corrected chi connectivity index (χ2v) is 4.40. The molecule has 2 N–H and O–H groups in total. The van der Waals surface area contributed by atoms with Crippen LogP contribution in [0.25, 0.3) is 0 Å². The van der Waals surface area contributed by atoms with E-state index in [9.17, 15) is 5.11 Å². The molecule has 0 aliphatic heterocycles. The fourth-order valence-corrected chi connectivity index (χ4v) is 1.85. The zero-order valence-corrected chi connectivity index (χ0v) is 10.7. The number of phenols is 1. The van der Waals surface area contributed by atoms with Crippen molar-refractivity contribution < 1.29 is 14.9 Å². The van der Waals surface area contributed by atoms with Crippen LogP contribution in [0.3, 0.4) is 0 Å². The van der Waals surface area contributed by atoms with Gasteiger partial charge in [-0.1, -0.05) is 36.4 Å². The van der Waals surface area contributed by atoms with E-state index < -0.39 is 0 Å². The smallest absolute Gasteiger partial charge is 0.161 e. The van der Waals surface area contributed by atoms with Crippen LogP contribution in [0.1, 0.15) is 17.5 Å². The van der Waals surface area contributed by atoms with Gasteiger partial charge in [-0.2, -0.15) is 0 Å². The standard InChI is InChI=1S/C16H18O3/c17-10-4-7-13-8-9-15(18)16(11-13)19-12-14-5-2-1-3-6-14/h1-3,5-6,8-9,11,17-18H,4,7,10,12H2. The maximum absolute atomic E-state index is 9.76. The maximum atomic E-state index is 9.76. The fraction of sp³-hybridized carbons (Fsp3) is 0.250. The van der Waals surface area contributed by atoms with E-state index in [1.54, 1.807) is 6.07 Å². The summed E-state index contributed by atoms with van der Waals surface area (Å²) in [5.74, 6) is 0.628. The van der Waals surface area contributed by atoms with Gasteiger partial charge in [0.25, 0.3) is 0 Å². The van der Waals surface area contributed by atoms with Crippen molar-refractivity contribution >= 4 is 0 Å². The average Bonchev–Trinajstić information content (AvgIpc) is 2.46. The first-order valence-corrected chi connectivity index (χ1v) is 6.39. The van der Waals surface area contributed by atoms with E-state index in [-0.39, 0.29) is 12.4 Å². The van der Waals surface area contributed by atoms with Crippen molar-refractivity contribution in [3.63, 3.8) is 0 Å². The number of hydrogen-bond acceptors (Lipinski definition) is 3. The lowest BCUT2D eigenvalue weighted by Gasteiger charge is -2.10. The molecule has 0 saturated heterocycles. The van der Waals surface area contributed by atoms with Crippen LogP contribution in [-0.2, 0) is 13.0 Å². The molecule has 0 aliphatic carbocycles. The summed E-state index contributed by atoms with van der Waals surface area (Å²) >= 11 is 0. The summed E-state index contributed by atoms with van der Waals surface area (Å²) in [5, 5.41) is 18.6. The lowest BCUT2D eigenvalue weighted by Crippen LogP contribution is -1.97. The molecule has 0 unspecified atom stereocenters. The summed E-state index contributed by atoms with van der Waals surface area (Å²) in [6.07, 6.45) is 1.49. The van der Waals surface area contributed by atoms with Crippen molar-refractivity contribution in [1.29, 1.82) is 0 Å². The Kier molecular flexibility index (Phi) is 4.81. The molecular weight excluding hydrogens is 240 g/mol. The van der Waals surface area contributed by atoms with Gasteiger partial charge in [0.05, 0.1) is 0 Å². The molecule has 100 valence electrons. The molecule has 0 amide bonds. The molecule has 3 heteroatoms. The van der Waals surface area contributed by atoms with Crippen LogP contribution in [0.5, 0.6) is 11.5 Å². The normalized spacial score (nSPS) is 10.4. The lowest BCUT2D eigenvalue weighted by atomic mass is 10.1. The summed E-state index contributed by atoms with van der Waals surface area (Å²) in [6, 6.07) is 15.1. The van der Waals surface area contributed by atoms with Gasteiger partial charge in [0.15, 0.2) is 11.5 Å². The van der Waals surface area contributed by atoms with Crippen molar-refractivity contribution in [3.8, 4) is 11.5 Å². The van der Waals surface area contributed by atoms with Gasteiger partial charge in [-0.25, -0.2) is 0 Å². The molecule has 0 fully saturated rings. The first-order valence-electron chi connectivity index (χ1n) is 6.39. The number of benzene rings is 2. The monoisotopic (exact) mass is 258 g/mol. The Hall–Kier alpha value is -2.00. The van der Waals surface area contributed by atoms with Gasteiger partial charge in [0.1, 0.15) is 6.61 Å². The van der Waals surface area contributed by atoms with Crippen LogP contribution >= 0.6 is 0 Å². The highest BCUT2D eigenvalue weighted by Gasteiger charge is 2.04. The molecule has 0 saturated carbocycles. The number of ether oxygens (including phenoxy) is 1. The number of hydrogen-bond donors (Lipinski definition) is 2. The summed E-state index contributed by atoms with van der Waals surface area (Å²) in [7, 11) is 0. The minimum atomic E-state index is 0.142. The zero-order chi connectivity index (χ0) is 13.5. The second-order valence-electron chi connectivity index (χ2n) is 4.40. The molecule has 0 heterocycles. The molecule has 0 aromatic heterocycles. The fourth-order valence-electron chi connectivity index (χ4n) is 1.85. The molecule has 3 nitrogen and oxygen atoms in total. The molecule has 19 heavy (non-hydrogen) atoms. The van der Waals surface area contributed by atoms with Crippen molar-refractivity contribution in [2.24, 2.45) is 0 Å². The van der Waals surface area contributed by atoms with E-state index in [0.29, 0.717) is 18.8 Å². The van der Waals surface area contributed by atoms with Crippen molar-refractivity contribution in [1.82, 2.24) is 0 Å². The first-order chi connectivity index (χ1) is 9.29. The minimum Gasteiger partial charge on any atom is -0.504 e. The topological polar surface area (TPSA) is 49.7 Å². The minimum absolute atomic E-state index is 0.142. The highest BCUT2D eigenvalue weighted by atomic mass is 16.5. The van der Waals surface area contributed by atoms with Gasteiger partial charge >= 0.3 is 0 Å². The highest BCUT2D eigenvalue weighted by molar-refractivity contribution is 5.42. The Balaban J connectivity index is 2.02. The highest BCUT2D eigenvalue weighted by Crippen LogP contribution is 2.28. The predicted octanol–water partition coefficient (Wildman–Crippen LogP) is 2.90. The van der Waals surface area contributed by atoms with E-state index in [0.717, 1.165) is 17.5 Å². The predicted molar refractivity (Wildman–Crippen MR) is 74.3 cm³/mol. The molecule has 0 bridgehead atoms. The summed E-state index contributed by atoms with van der Waals surface area (Å²) in [5.41, 5.74) is 2.11. The van der Waals surface area contributed by atoms with E-state index in [4.69, 9.17) is 9.84 Å². The van der Waals surface area contributed by atoms with Crippen molar-refractivity contribution in [2.45, 2.75) is 19.4 Å². The summed E-state index contributed by atoms with van der Waals surface area (Å²) in [6.45, 7) is 0.596. The van der Waals surface area contributed by atoms with Crippen LogP contribution in [0.2, 0.25) is 0 Å². The molecule has 0 aliphatic rings. The Bertz CT molecular complexity index is 509. The number of aromatic hydroxyl groups is 1. The van der Waals surface area contributed by atoms with E-state index >= 15 is 0 Å². The SMILES string of the molecule is OCCCc1ccc(O)c(OCc2ccccc2)c1. The molecule has 0 spiro atoms. The third-order valence-corrected chi connectivity index (χ3v) is 2.88. The molecule has 0 radical (unpaired) electrons. The van der Waals surface area contributed by atoms with Crippen LogP contribution in [0, 0.1) is 0 Å². The quantitative estimate of drug-likeness (QED) is 0.837. The van der Waals surface area contributed by atoms with E-state index in [2.05, 4.69) is 0 Å². The summed E-state index contributed by atoms with van der Waals surface area (Å²) in [4.78, 5) is 0.